The van der Waals surface area contributed by atoms with Crippen molar-refractivity contribution >= 4 is 0 Å². The Kier molecular flexibility index (Phi) is 52.0. The molecule has 0 aromatic carbocycles. The molecule has 0 unspecified atom stereocenters. The lowest BCUT2D eigenvalue weighted by molar-refractivity contribution is 0.695. The minimum absolute atomic E-state index is 0.770. The predicted molar refractivity (Wildman–Crippen MR) is 53.1 cm³/mol. The maximum atomic E-state index is 4.94. The summed E-state index contributed by atoms with van der Waals surface area (Å²) >= 11 is 0. The Labute approximate surface area is 71.0 Å². The molecule has 0 fully saturated rings. The van der Waals surface area contributed by atoms with Crippen molar-refractivity contribution < 1.29 is 0 Å². The van der Waals surface area contributed by atoms with Crippen molar-refractivity contribution in [2.45, 2.75) is 27.7 Å². The van der Waals surface area contributed by atoms with Gasteiger partial charge in [-0.05, 0) is 6.20 Å². The molecule has 0 bridgehead atoms. The molecule has 0 atom stereocenters. The van der Waals surface area contributed by atoms with Gasteiger partial charge in [0.25, 0.3) is 0 Å². The summed E-state index contributed by atoms with van der Waals surface area (Å²) in [5, 5.41) is 2.87. The SMILES string of the molecule is C=CNCCNN.CC.CC. The molecule has 0 aliphatic heterocycles. The summed E-state index contributed by atoms with van der Waals surface area (Å²) in [7, 11) is 0. The van der Waals surface area contributed by atoms with Gasteiger partial charge in [0.1, 0.15) is 0 Å². The van der Waals surface area contributed by atoms with Crippen molar-refractivity contribution in [3.63, 3.8) is 0 Å². The maximum Gasteiger partial charge on any atom is 0.0280 e. The first-order chi connectivity index (χ1) is 5.41. The third-order valence-corrected chi connectivity index (χ3v) is 0.558. The molecule has 0 spiro atoms. The molecule has 0 rings (SSSR count). The molecule has 0 saturated carbocycles. The molecule has 3 nitrogen and oxygen atoms in total. The molecule has 0 heterocycles. The summed E-state index contributed by atoms with van der Waals surface area (Å²) in [6.45, 7) is 13.1. The Morgan fingerprint density at radius 1 is 1.18 bits per heavy atom. The van der Waals surface area contributed by atoms with E-state index >= 15 is 0 Å². The Hall–Kier alpha value is -0.540. The molecule has 70 valence electrons. The van der Waals surface area contributed by atoms with Gasteiger partial charge in [-0.1, -0.05) is 34.3 Å². The minimum atomic E-state index is 0.770. The van der Waals surface area contributed by atoms with Crippen molar-refractivity contribution in [1.82, 2.24) is 10.7 Å². The molecule has 0 aromatic rings. The van der Waals surface area contributed by atoms with Crippen LogP contribution in [0.15, 0.2) is 12.8 Å². The summed E-state index contributed by atoms with van der Waals surface area (Å²) in [6, 6.07) is 0. The number of nitrogens with two attached hydrogens (primary N) is 1. The lowest BCUT2D eigenvalue weighted by atomic mass is 10.6. The van der Waals surface area contributed by atoms with Gasteiger partial charge < -0.3 is 5.32 Å². The third-order valence-electron chi connectivity index (χ3n) is 0.558. The Balaban J connectivity index is -0.000000138. The number of hydrogen-bond donors (Lipinski definition) is 3. The average Bonchev–Trinajstić information content (AvgIpc) is 2.13. The van der Waals surface area contributed by atoms with Crippen LogP contribution in [0.2, 0.25) is 0 Å². The largest absolute Gasteiger partial charge is 0.390 e. The molecular formula is C8H23N3. The first-order valence-electron chi connectivity index (χ1n) is 4.19. The van der Waals surface area contributed by atoms with Gasteiger partial charge in [-0.15, -0.1) is 0 Å². The molecule has 4 N–H and O–H groups in total. The van der Waals surface area contributed by atoms with Crippen LogP contribution in [-0.2, 0) is 0 Å². The summed E-state index contributed by atoms with van der Waals surface area (Å²) < 4.78 is 0. The van der Waals surface area contributed by atoms with Gasteiger partial charge in [-0.25, -0.2) is 0 Å². The van der Waals surface area contributed by atoms with E-state index in [9.17, 15) is 0 Å². The van der Waals surface area contributed by atoms with Gasteiger partial charge >= 0.3 is 0 Å². The molecule has 0 amide bonds. The highest BCUT2D eigenvalue weighted by atomic mass is 15.2. The van der Waals surface area contributed by atoms with Gasteiger partial charge in [-0.3, -0.25) is 11.3 Å². The Morgan fingerprint density at radius 3 is 1.91 bits per heavy atom. The second kappa shape index (κ2) is 34.0. The fraction of sp³-hybridized carbons (Fsp3) is 0.750. The average molecular weight is 161 g/mol. The van der Waals surface area contributed by atoms with Crippen LogP contribution in [0.5, 0.6) is 0 Å². The Bertz CT molecular complexity index is 46.6. The molecule has 11 heavy (non-hydrogen) atoms. The highest BCUT2D eigenvalue weighted by Gasteiger charge is 1.72. The van der Waals surface area contributed by atoms with Gasteiger partial charge in [0.05, 0.1) is 0 Å². The van der Waals surface area contributed by atoms with Crippen LogP contribution in [-0.4, -0.2) is 13.1 Å². The van der Waals surface area contributed by atoms with E-state index in [1.54, 1.807) is 6.20 Å². The van der Waals surface area contributed by atoms with E-state index in [4.69, 9.17) is 5.84 Å². The van der Waals surface area contributed by atoms with E-state index in [1.807, 2.05) is 27.7 Å². The number of nitrogens with one attached hydrogen (secondary N) is 2. The van der Waals surface area contributed by atoms with Gasteiger partial charge in [0.15, 0.2) is 0 Å². The summed E-state index contributed by atoms with van der Waals surface area (Å²) in [5.41, 5.74) is 2.49. The van der Waals surface area contributed by atoms with Crippen LogP contribution < -0.4 is 16.6 Å². The first kappa shape index (κ1) is 16.8. The van der Waals surface area contributed by atoms with Crippen LogP contribution >= 0.6 is 0 Å². The molecule has 0 aromatic heterocycles. The standard InChI is InChI=1S/C4H11N3.2C2H6/c1-2-6-3-4-7-5;2*1-2/h2,6-7H,1,3-5H2;2*1-2H3. The lowest BCUT2D eigenvalue weighted by Gasteiger charge is -1.95. The molecule has 0 aliphatic carbocycles. The zero-order valence-corrected chi connectivity index (χ0v) is 8.28. The monoisotopic (exact) mass is 161 g/mol. The van der Waals surface area contributed by atoms with Gasteiger partial charge in [0.2, 0.25) is 0 Å². The van der Waals surface area contributed by atoms with Crippen LogP contribution in [0.3, 0.4) is 0 Å². The smallest absolute Gasteiger partial charge is 0.0280 e. The number of hydrogen-bond acceptors (Lipinski definition) is 3. The van der Waals surface area contributed by atoms with Crippen molar-refractivity contribution in [2.75, 3.05) is 13.1 Å². The zero-order chi connectivity index (χ0) is 9.54. The third kappa shape index (κ3) is 44.0. The maximum absolute atomic E-state index is 4.94. The van der Waals surface area contributed by atoms with Crippen LogP contribution in [0.1, 0.15) is 27.7 Å². The molecule has 0 aliphatic rings. The van der Waals surface area contributed by atoms with E-state index in [-0.39, 0.29) is 0 Å². The van der Waals surface area contributed by atoms with E-state index in [0.717, 1.165) is 13.1 Å². The van der Waals surface area contributed by atoms with Crippen molar-refractivity contribution in [2.24, 2.45) is 5.84 Å². The van der Waals surface area contributed by atoms with Crippen LogP contribution in [0.25, 0.3) is 0 Å². The lowest BCUT2D eigenvalue weighted by Crippen LogP contribution is -2.29. The molecule has 0 radical (unpaired) electrons. The van der Waals surface area contributed by atoms with Crippen molar-refractivity contribution in [1.29, 1.82) is 0 Å². The van der Waals surface area contributed by atoms with Gasteiger partial charge in [0, 0.05) is 13.1 Å². The first-order valence-corrected chi connectivity index (χ1v) is 4.19. The van der Waals surface area contributed by atoms with Gasteiger partial charge in [-0.2, -0.15) is 0 Å². The van der Waals surface area contributed by atoms with E-state index < -0.39 is 0 Å². The van der Waals surface area contributed by atoms with E-state index in [2.05, 4.69) is 17.3 Å². The molecule has 3 heteroatoms. The van der Waals surface area contributed by atoms with Crippen molar-refractivity contribution in [3.8, 4) is 0 Å². The zero-order valence-electron chi connectivity index (χ0n) is 8.28. The second-order valence-electron chi connectivity index (χ2n) is 1.11. The highest BCUT2D eigenvalue weighted by Crippen LogP contribution is 1.51. The topological polar surface area (TPSA) is 50.1 Å². The number of rotatable bonds is 4. The normalized spacial score (nSPS) is 6.27. The van der Waals surface area contributed by atoms with E-state index in [1.165, 1.54) is 0 Å². The summed E-state index contributed by atoms with van der Waals surface area (Å²) in [5.74, 6) is 4.94. The molecular weight excluding hydrogens is 138 g/mol. The number of hydrazine groups is 1. The quantitative estimate of drug-likeness (QED) is 0.330. The highest BCUT2D eigenvalue weighted by molar-refractivity contribution is 4.62. The fourth-order valence-corrected chi connectivity index (χ4v) is 0.246. The predicted octanol–water partition coefficient (Wildman–Crippen LogP) is 1.24. The Morgan fingerprint density at radius 2 is 1.64 bits per heavy atom. The van der Waals surface area contributed by atoms with E-state index in [0.29, 0.717) is 0 Å². The second-order valence-corrected chi connectivity index (χ2v) is 1.11. The molecule has 0 saturated heterocycles. The van der Waals surface area contributed by atoms with Crippen molar-refractivity contribution in [3.05, 3.63) is 12.8 Å². The summed E-state index contributed by atoms with van der Waals surface area (Å²) in [6.07, 6.45) is 1.64. The van der Waals surface area contributed by atoms with Crippen LogP contribution in [0, 0.1) is 0 Å². The summed E-state index contributed by atoms with van der Waals surface area (Å²) in [4.78, 5) is 0. The van der Waals surface area contributed by atoms with Crippen LogP contribution in [0.4, 0.5) is 0 Å². The fourth-order valence-electron chi connectivity index (χ4n) is 0.246. The minimum Gasteiger partial charge on any atom is -0.390 e.